The number of aryl methyl sites for hydroxylation is 4. The molecule has 0 aromatic heterocycles. The van der Waals surface area contributed by atoms with Crippen molar-refractivity contribution in [2.24, 2.45) is 0 Å². The Morgan fingerprint density at radius 1 is 0.895 bits per heavy atom. The average Bonchev–Trinajstić information content (AvgIpc) is 2.83. The van der Waals surface area contributed by atoms with Crippen LogP contribution in [-0.2, 0) is 16.2 Å². The topological polar surface area (TPSA) is 84.9 Å². The molecule has 0 radical (unpaired) electrons. The summed E-state index contributed by atoms with van der Waals surface area (Å²) in [5, 5.41) is 2.52. The van der Waals surface area contributed by atoms with Crippen molar-refractivity contribution in [1.29, 1.82) is 0 Å². The molecule has 0 unspecified atom stereocenters. The molecule has 0 atom stereocenters. The number of barbiturate groups is 1. The lowest BCUT2D eigenvalue weighted by atomic mass is 10.0. The Balaban J connectivity index is 1.68. The van der Waals surface area contributed by atoms with Gasteiger partial charge in [-0.25, -0.2) is 9.69 Å². The number of anilines is 1. The first-order valence-electron chi connectivity index (χ1n) is 12.2. The van der Waals surface area contributed by atoms with Crippen LogP contribution in [0.15, 0.2) is 54.1 Å². The molecule has 8 heteroatoms. The minimum absolute atomic E-state index is 0.201. The van der Waals surface area contributed by atoms with Crippen LogP contribution in [0.4, 0.5) is 10.5 Å². The second-order valence-electron chi connectivity index (χ2n) is 9.30. The molecule has 0 saturated carbocycles. The van der Waals surface area contributed by atoms with Crippen LogP contribution >= 0.6 is 11.6 Å². The number of ether oxygens (including phenoxy) is 2. The summed E-state index contributed by atoms with van der Waals surface area (Å²) in [4.78, 5) is 39.7. The van der Waals surface area contributed by atoms with E-state index in [4.69, 9.17) is 21.1 Å². The molecule has 1 saturated heterocycles. The standard InChI is InChI=1S/C30H29ClN2O5/c1-6-37-26-15-21(14-24(31)27(26)38-16-22-10-18(3)9-19(4)11-22)13-23-28(34)32-30(36)33(29(23)35)25-12-17(2)7-8-20(25)5/h7-15H,6,16H2,1-5H3,(H,32,34,36)/b23-13+. The van der Waals surface area contributed by atoms with Gasteiger partial charge in [-0.1, -0.05) is 53.1 Å². The molecule has 0 spiro atoms. The van der Waals surface area contributed by atoms with Crippen molar-refractivity contribution in [1.82, 2.24) is 5.32 Å². The number of hydrogen-bond donors (Lipinski definition) is 1. The van der Waals surface area contributed by atoms with Crippen molar-refractivity contribution in [2.75, 3.05) is 11.5 Å². The number of imide groups is 2. The SMILES string of the molecule is CCOc1cc(/C=C2\C(=O)NC(=O)N(c3cc(C)ccc3C)C2=O)cc(Cl)c1OCc1cc(C)cc(C)c1. The van der Waals surface area contributed by atoms with Crippen LogP contribution in [0.1, 0.15) is 40.3 Å². The van der Waals surface area contributed by atoms with Crippen molar-refractivity contribution >= 4 is 41.2 Å². The van der Waals surface area contributed by atoms with Gasteiger partial charge in [0.1, 0.15) is 12.2 Å². The second kappa shape index (κ2) is 11.1. The number of benzene rings is 3. The van der Waals surface area contributed by atoms with E-state index in [-0.39, 0.29) is 17.2 Å². The Labute approximate surface area is 227 Å². The molecule has 3 aromatic carbocycles. The first-order valence-corrected chi connectivity index (χ1v) is 12.6. The Hall–Kier alpha value is -4.10. The van der Waals surface area contributed by atoms with E-state index in [1.165, 1.54) is 6.08 Å². The third-order valence-electron chi connectivity index (χ3n) is 6.01. The van der Waals surface area contributed by atoms with Gasteiger partial charge in [-0.15, -0.1) is 0 Å². The molecule has 196 valence electrons. The first-order chi connectivity index (χ1) is 18.1. The van der Waals surface area contributed by atoms with Gasteiger partial charge < -0.3 is 9.47 Å². The quantitative estimate of drug-likeness (QED) is 0.288. The molecule has 38 heavy (non-hydrogen) atoms. The zero-order valence-corrected chi connectivity index (χ0v) is 22.7. The fraction of sp³-hybridized carbons (Fsp3) is 0.233. The molecule has 1 N–H and O–H groups in total. The van der Waals surface area contributed by atoms with E-state index in [9.17, 15) is 14.4 Å². The summed E-state index contributed by atoms with van der Waals surface area (Å²) in [7, 11) is 0. The molecule has 1 aliphatic rings. The predicted molar refractivity (Wildman–Crippen MR) is 148 cm³/mol. The van der Waals surface area contributed by atoms with Gasteiger partial charge in [-0.3, -0.25) is 14.9 Å². The van der Waals surface area contributed by atoms with Crippen molar-refractivity contribution in [3.8, 4) is 11.5 Å². The smallest absolute Gasteiger partial charge is 0.335 e. The highest BCUT2D eigenvalue weighted by Crippen LogP contribution is 2.38. The molecule has 1 fully saturated rings. The van der Waals surface area contributed by atoms with Gasteiger partial charge in [0.15, 0.2) is 11.5 Å². The Morgan fingerprint density at radius 2 is 1.61 bits per heavy atom. The largest absolute Gasteiger partial charge is 0.490 e. The summed E-state index contributed by atoms with van der Waals surface area (Å²) in [5.41, 5.74) is 5.51. The van der Waals surface area contributed by atoms with Crippen molar-refractivity contribution < 1.29 is 23.9 Å². The van der Waals surface area contributed by atoms with Gasteiger partial charge in [0.25, 0.3) is 11.8 Å². The zero-order valence-electron chi connectivity index (χ0n) is 22.0. The van der Waals surface area contributed by atoms with Crippen LogP contribution in [0, 0.1) is 27.7 Å². The van der Waals surface area contributed by atoms with Gasteiger partial charge in [0.05, 0.1) is 17.3 Å². The van der Waals surface area contributed by atoms with Gasteiger partial charge >= 0.3 is 6.03 Å². The highest BCUT2D eigenvalue weighted by molar-refractivity contribution is 6.39. The normalized spacial score (nSPS) is 14.6. The predicted octanol–water partition coefficient (Wildman–Crippen LogP) is 6.22. The molecule has 4 amide bonds. The monoisotopic (exact) mass is 532 g/mol. The van der Waals surface area contributed by atoms with Gasteiger partial charge in [-0.2, -0.15) is 0 Å². The minimum atomic E-state index is -0.797. The number of nitrogens with zero attached hydrogens (tertiary/aromatic N) is 1. The summed E-state index contributed by atoms with van der Waals surface area (Å²) in [6, 6.07) is 14.0. The summed E-state index contributed by atoms with van der Waals surface area (Å²) < 4.78 is 11.8. The van der Waals surface area contributed by atoms with E-state index in [1.54, 1.807) is 25.1 Å². The van der Waals surface area contributed by atoms with Crippen LogP contribution in [0.5, 0.6) is 11.5 Å². The van der Waals surface area contributed by atoms with E-state index in [0.29, 0.717) is 29.4 Å². The lowest BCUT2D eigenvalue weighted by molar-refractivity contribution is -0.122. The van der Waals surface area contributed by atoms with Crippen molar-refractivity contribution in [3.63, 3.8) is 0 Å². The lowest BCUT2D eigenvalue weighted by Crippen LogP contribution is -2.54. The van der Waals surface area contributed by atoms with Gasteiger partial charge in [0.2, 0.25) is 0 Å². The maximum absolute atomic E-state index is 13.4. The van der Waals surface area contributed by atoms with E-state index < -0.39 is 17.8 Å². The van der Waals surface area contributed by atoms with Crippen LogP contribution < -0.4 is 19.7 Å². The summed E-state index contributed by atoms with van der Waals surface area (Å²) >= 11 is 6.59. The van der Waals surface area contributed by atoms with E-state index in [0.717, 1.165) is 32.7 Å². The maximum Gasteiger partial charge on any atom is 0.335 e. The van der Waals surface area contributed by atoms with Crippen molar-refractivity contribution in [2.45, 2.75) is 41.2 Å². The van der Waals surface area contributed by atoms with Gasteiger partial charge in [0, 0.05) is 0 Å². The molecule has 7 nitrogen and oxygen atoms in total. The number of nitrogens with one attached hydrogen (secondary N) is 1. The Morgan fingerprint density at radius 3 is 2.29 bits per heavy atom. The van der Waals surface area contributed by atoms with Crippen LogP contribution in [0.2, 0.25) is 5.02 Å². The van der Waals surface area contributed by atoms with E-state index >= 15 is 0 Å². The second-order valence-corrected chi connectivity index (χ2v) is 9.70. The summed E-state index contributed by atoms with van der Waals surface area (Å²) in [5.74, 6) is -0.772. The van der Waals surface area contributed by atoms with Crippen LogP contribution in [0.25, 0.3) is 6.08 Å². The maximum atomic E-state index is 13.4. The lowest BCUT2D eigenvalue weighted by Gasteiger charge is -2.28. The molecule has 0 bridgehead atoms. The molecule has 1 heterocycles. The summed E-state index contributed by atoms with van der Waals surface area (Å²) in [6.07, 6.45) is 1.39. The first kappa shape index (κ1) is 26.9. The third kappa shape index (κ3) is 5.73. The molecule has 3 aromatic rings. The fourth-order valence-corrected chi connectivity index (χ4v) is 4.66. The molecular formula is C30H29ClN2O5. The van der Waals surface area contributed by atoms with Crippen LogP contribution in [0.3, 0.4) is 0 Å². The fourth-order valence-electron chi connectivity index (χ4n) is 4.39. The average molecular weight is 533 g/mol. The molecule has 0 aliphatic carbocycles. The minimum Gasteiger partial charge on any atom is -0.490 e. The zero-order chi connectivity index (χ0) is 27.6. The number of halogens is 1. The highest BCUT2D eigenvalue weighted by Gasteiger charge is 2.37. The Kier molecular flexibility index (Phi) is 7.88. The number of carbonyl (C=O) groups excluding carboxylic acids is 3. The number of amides is 4. The van der Waals surface area contributed by atoms with Gasteiger partial charge in [-0.05, 0) is 81.1 Å². The third-order valence-corrected chi connectivity index (χ3v) is 6.30. The van der Waals surface area contributed by atoms with E-state index in [1.807, 2.05) is 52.0 Å². The molecular weight excluding hydrogens is 504 g/mol. The summed E-state index contributed by atoms with van der Waals surface area (Å²) in [6.45, 7) is 10.2. The number of hydrogen-bond acceptors (Lipinski definition) is 5. The number of rotatable bonds is 7. The van der Waals surface area contributed by atoms with Crippen LogP contribution in [-0.4, -0.2) is 24.5 Å². The highest BCUT2D eigenvalue weighted by atomic mass is 35.5. The number of urea groups is 1. The Bertz CT molecular complexity index is 1460. The number of carbonyl (C=O) groups is 3. The molecule has 4 rings (SSSR count). The molecule has 1 aliphatic heterocycles. The van der Waals surface area contributed by atoms with E-state index in [2.05, 4.69) is 11.4 Å². The van der Waals surface area contributed by atoms with Crippen molar-refractivity contribution in [3.05, 3.63) is 92.5 Å².